The summed E-state index contributed by atoms with van der Waals surface area (Å²) in [6, 6.07) is 5.32. The summed E-state index contributed by atoms with van der Waals surface area (Å²) in [5.74, 6) is -0.243. The van der Waals surface area contributed by atoms with Crippen LogP contribution in [0.15, 0.2) is 22.7 Å². The van der Waals surface area contributed by atoms with Gasteiger partial charge < -0.3 is 9.84 Å². The molecule has 0 radical (unpaired) electrons. The van der Waals surface area contributed by atoms with E-state index in [4.69, 9.17) is 9.84 Å². The molecule has 0 spiro atoms. The molecule has 2 rings (SSSR count). The van der Waals surface area contributed by atoms with Crippen molar-refractivity contribution in [3.8, 4) is 0 Å². The molecule has 100 valence electrons. The summed E-state index contributed by atoms with van der Waals surface area (Å²) in [5, 5.41) is 9.14. The second kappa shape index (κ2) is 6.10. The fourth-order valence-electron chi connectivity index (χ4n) is 2.10. The molecule has 0 amide bonds. The summed E-state index contributed by atoms with van der Waals surface area (Å²) in [7, 11) is 0. The van der Waals surface area contributed by atoms with Crippen molar-refractivity contribution >= 4 is 15.9 Å². The second-order valence-corrected chi connectivity index (χ2v) is 5.42. The van der Waals surface area contributed by atoms with Crippen molar-refractivity contribution in [1.82, 2.24) is 4.90 Å². The van der Waals surface area contributed by atoms with Crippen molar-refractivity contribution in [2.24, 2.45) is 0 Å². The number of hydrogen-bond acceptors (Lipinski definition) is 3. The summed E-state index contributed by atoms with van der Waals surface area (Å²) in [4.78, 5) is 2.20. The lowest BCUT2D eigenvalue weighted by Gasteiger charge is -2.37. The molecule has 1 aromatic rings. The number of aliphatic hydroxyl groups excluding tert-OH is 1. The van der Waals surface area contributed by atoms with E-state index in [0.29, 0.717) is 24.2 Å². The molecule has 2 unspecified atom stereocenters. The molecule has 1 aromatic carbocycles. The Bertz CT molecular complexity index is 416. The maximum absolute atomic E-state index is 13.4. The van der Waals surface area contributed by atoms with Crippen LogP contribution in [0.2, 0.25) is 0 Å². The summed E-state index contributed by atoms with van der Waals surface area (Å²) in [6.45, 7) is 4.01. The highest BCUT2D eigenvalue weighted by atomic mass is 79.9. The number of nitrogens with zero attached hydrogens (tertiary/aromatic N) is 1. The van der Waals surface area contributed by atoms with Crippen LogP contribution in [0.1, 0.15) is 12.5 Å². The molecule has 3 nitrogen and oxygen atoms in total. The maximum atomic E-state index is 13.4. The number of halogens is 2. The third kappa shape index (κ3) is 3.09. The molecule has 0 aliphatic carbocycles. The van der Waals surface area contributed by atoms with Gasteiger partial charge in [0, 0.05) is 19.1 Å². The Kier molecular flexibility index (Phi) is 4.72. The molecule has 0 saturated carbocycles. The first-order chi connectivity index (χ1) is 8.61. The highest BCUT2D eigenvalue weighted by Crippen LogP contribution is 2.24. The lowest BCUT2D eigenvalue weighted by molar-refractivity contribution is -0.0806. The van der Waals surface area contributed by atoms with E-state index in [1.54, 1.807) is 6.07 Å². The molecule has 1 heterocycles. The SMILES string of the molecule is CC1COC(CO)CN1Cc1cccc(F)c1Br. The first-order valence-electron chi connectivity index (χ1n) is 6.01. The zero-order chi connectivity index (χ0) is 13.1. The van der Waals surface area contributed by atoms with Gasteiger partial charge in [-0.3, -0.25) is 4.90 Å². The van der Waals surface area contributed by atoms with Crippen LogP contribution in [-0.2, 0) is 11.3 Å². The number of hydrogen-bond donors (Lipinski definition) is 1. The van der Waals surface area contributed by atoms with Crippen LogP contribution in [0.3, 0.4) is 0 Å². The van der Waals surface area contributed by atoms with E-state index >= 15 is 0 Å². The predicted molar refractivity (Wildman–Crippen MR) is 70.8 cm³/mol. The normalized spacial score (nSPS) is 25.3. The van der Waals surface area contributed by atoms with Gasteiger partial charge in [-0.1, -0.05) is 12.1 Å². The summed E-state index contributed by atoms with van der Waals surface area (Å²) >= 11 is 3.28. The van der Waals surface area contributed by atoms with E-state index in [9.17, 15) is 4.39 Å². The molecular formula is C13H17BrFNO2. The molecule has 18 heavy (non-hydrogen) atoms. The largest absolute Gasteiger partial charge is 0.394 e. The van der Waals surface area contributed by atoms with Crippen LogP contribution in [0.25, 0.3) is 0 Å². The monoisotopic (exact) mass is 317 g/mol. The van der Waals surface area contributed by atoms with Crippen molar-refractivity contribution in [1.29, 1.82) is 0 Å². The Labute approximate surface area is 115 Å². The molecule has 0 bridgehead atoms. The number of rotatable bonds is 3. The smallest absolute Gasteiger partial charge is 0.137 e. The number of benzene rings is 1. The van der Waals surface area contributed by atoms with Gasteiger partial charge in [0.2, 0.25) is 0 Å². The summed E-state index contributed by atoms with van der Waals surface area (Å²) in [5.41, 5.74) is 0.917. The van der Waals surface area contributed by atoms with Crippen molar-refractivity contribution in [3.63, 3.8) is 0 Å². The van der Waals surface area contributed by atoms with Gasteiger partial charge >= 0.3 is 0 Å². The van der Waals surface area contributed by atoms with Crippen LogP contribution in [0.5, 0.6) is 0 Å². The van der Waals surface area contributed by atoms with Crippen LogP contribution in [-0.4, -0.2) is 41.9 Å². The molecule has 1 saturated heterocycles. The Morgan fingerprint density at radius 2 is 2.33 bits per heavy atom. The van der Waals surface area contributed by atoms with Gasteiger partial charge in [0.05, 0.1) is 23.8 Å². The molecule has 5 heteroatoms. The summed E-state index contributed by atoms with van der Waals surface area (Å²) < 4.78 is 19.4. The Morgan fingerprint density at radius 1 is 1.56 bits per heavy atom. The Balaban J connectivity index is 2.09. The Hall–Kier alpha value is -0.490. The minimum Gasteiger partial charge on any atom is -0.394 e. The van der Waals surface area contributed by atoms with Crippen molar-refractivity contribution in [2.75, 3.05) is 19.8 Å². The minimum atomic E-state index is -0.243. The van der Waals surface area contributed by atoms with E-state index < -0.39 is 0 Å². The second-order valence-electron chi connectivity index (χ2n) is 4.63. The lowest BCUT2D eigenvalue weighted by Crippen LogP contribution is -2.48. The standard InChI is InChI=1S/C13H17BrFNO2/c1-9-8-18-11(7-17)6-16(9)5-10-3-2-4-12(15)13(10)14/h2-4,9,11,17H,5-8H2,1H3. The lowest BCUT2D eigenvalue weighted by atomic mass is 10.1. The van der Waals surface area contributed by atoms with E-state index in [1.807, 2.05) is 6.07 Å². The van der Waals surface area contributed by atoms with E-state index in [0.717, 1.165) is 5.56 Å². The van der Waals surface area contributed by atoms with Gasteiger partial charge in [-0.2, -0.15) is 0 Å². The molecule has 1 aliphatic heterocycles. The quantitative estimate of drug-likeness (QED) is 0.927. The molecule has 1 fully saturated rings. The molecule has 1 aliphatic rings. The van der Waals surface area contributed by atoms with Gasteiger partial charge in [0.15, 0.2) is 0 Å². The average Bonchev–Trinajstić information content (AvgIpc) is 2.37. The van der Waals surface area contributed by atoms with Gasteiger partial charge in [-0.05, 0) is 34.5 Å². The summed E-state index contributed by atoms with van der Waals surface area (Å²) in [6.07, 6.45) is -0.145. The van der Waals surface area contributed by atoms with Crippen molar-refractivity contribution < 1.29 is 14.2 Å². The van der Waals surface area contributed by atoms with Gasteiger partial charge in [-0.15, -0.1) is 0 Å². The van der Waals surface area contributed by atoms with E-state index in [2.05, 4.69) is 27.8 Å². The first-order valence-corrected chi connectivity index (χ1v) is 6.80. The highest BCUT2D eigenvalue weighted by Gasteiger charge is 2.26. The topological polar surface area (TPSA) is 32.7 Å². The van der Waals surface area contributed by atoms with E-state index in [1.165, 1.54) is 6.07 Å². The fourth-order valence-corrected chi connectivity index (χ4v) is 2.48. The van der Waals surface area contributed by atoms with Crippen LogP contribution < -0.4 is 0 Å². The average molecular weight is 318 g/mol. The zero-order valence-corrected chi connectivity index (χ0v) is 11.9. The van der Waals surface area contributed by atoms with Crippen molar-refractivity contribution in [2.45, 2.75) is 25.6 Å². The molecule has 0 aromatic heterocycles. The van der Waals surface area contributed by atoms with Gasteiger partial charge in [-0.25, -0.2) is 4.39 Å². The van der Waals surface area contributed by atoms with Crippen LogP contribution in [0.4, 0.5) is 4.39 Å². The number of ether oxygens (including phenoxy) is 1. The maximum Gasteiger partial charge on any atom is 0.137 e. The highest BCUT2D eigenvalue weighted by molar-refractivity contribution is 9.10. The molecule has 1 N–H and O–H groups in total. The molecule has 2 atom stereocenters. The number of aliphatic hydroxyl groups is 1. The Morgan fingerprint density at radius 3 is 3.06 bits per heavy atom. The minimum absolute atomic E-state index is 0.0214. The number of morpholine rings is 1. The fraction of sp³-hybridized carbons (Fsp3) is 0.538. The molecular weight excluding hydrogens is 301 g/mol. The van der Waals surface area contributed by atoms with E-state index in [-0.39, 0.29) is 24.6 Å². The third-order valence-corrected chi connectivity index (χ3v) is 4.13. The van der Waals surface area contributed by atoms with Crippen molar-refractivity contribution in [3.05, 3.63) is 34.1 Å². The zero-order valence-electron chi connectivity index (χ0n) is 10.3. The van der Waals surface area contributed by atoms with Gasteiger partial charge in [0.25, 0.3) is 0 Å². The van der Waals surface area contributed by atoms with Gasteiger partial charge in [0.1, 0.15) is 5.82 Å². The predicted octanol–water partition coefficient (Wildman–Crippen LogP) is 2.17. The van der Waals surface area contributed by atoms with Crippen LogP contribution >= 0.6 is 15.9 Å². The van der Waals surface area contributed by atoms with Crippen LogP contribution in [0, 0.1) is 5.82 Å². The third-order valence-electron chi connectivity index (χ3n) is 3.24. The first kappa shape index (κ1) is 13.9.